The molecule has 5 nitrogen and oxygen atoms in total. The normalized spacial score (nSPS) is 29.3. The van der Waals surface area contributed by atoms with Gasteiger partial charge in [0.25, 0.3) is 0 Å². The van der Waals surface area contributed by atoms with E-state index in [0.717, 1.165) is 41.5 Å². The molecule has 0 saturated carbocycles. The quantitative estimate of drug-likeness (QED) is 0.467. The van der Waals surface area contributed by atoms with Gasteiger partial charge in [-0.2, -0.15) is 0 Å². The Labute approximate surface area is 147 Å². The summed E-state index contributed by atoms with van der Waals surface area (Å²) in [6, 6.07) is 8.31. The van der Waals surface area contributed by atoms with Crippen LogP contribution in [0.25, 0.3) is 10.9 Å². The minimum absolute atomic E-state index is 0.166. The summed E-state index contributed by atoms with van der Waals surface area (Å²) in [6.45, 7) is 8.07. The van der Waals surface area contributed by atoms with E-state index in [1.165, 1.54) is 6.42 Å². The lowest BCUT2D eigenvalue weighted by atomic mass is 9.73. The number of hydrogen-bond donors (Lipinski definition) is 0. The van der Waals surface area contributed by atoms with Crippen LogP contribution in [0, 0.1) is 23.7 Å². The van der Waals surface area contributed by atoms with E-state index in [9.17, 15) is 4.91 Å². The van der Waals surface area contributed by atoms with E-state index in [1.54, 1.807) is 6.20 Å². The Balaban J connectivity index is 1.75. The lowest BCUT2D eigenvalue weighted by Gasteiger charge is -2.50. The molecule has 5 rings (SSSR count). The topological polar surface area (TPSA) is 54.8 Å². The first-order chi connectivity index (χ1) is 12.2. The molecule has 130 valence electrons. The van der Waals surface area contributed by atoms with E-state index < -0.39 is 0 Å². The summed E-state index contributed by atoms with van der Waals surface area (Å²) < 4.78 is 0. The number of hydrogen-bond acceptors (Lipinski definition) is 5. The molecular weight excluding hydrogens is 314 g/mol. The van der Waals surface area contributed by atoms with Crippen molar-refractivity contribution >= 4 is 10.9 Å². The zero-order valence-corrected chi connectivity index (χ0v) is 14.5. The van der Waals surface area contributed by atoms with Gasteiger partial charge in [0, 0.05) is 23.7 Å². The highest BCUT2D eigenvalue weighted by Gasteiger charge is 2.44. The van der Waals surface area contributed by atoms with Crippen molar-refractivity contribution in [3.8, 4) is 0 Å². The first kappa shape index (κ1) is 16.2. The maximum atomic E-state index is 11.0. The second-order valence-electron chi connectivity index (χ2n) is 7.27. The van der Waals surface area contributed by atoms with Gasteiger partial charge in [0.05, 0.1) is 11.6 Å². The fourth-order valence-electron chi connectivity index (χ4n) is 4.60. The summed E-state index contributed by atoms with van der Waals surface area (Å²) in [6.07, 6.45) is 5.69. The maximum Gasteiger partial charge on any atom is 0.172 e. The molecule has 5 atom stereocenters. The number of piperidine rings is 3. The van der Waals surface area contributed by atoms with Gasteiger partial charge in [-0.3, -0.25) is 9.88 Å². The summed E-state index contributed by atoms with van der Waals surface area (Å²) in [4.78, 5) is 23.3. The van der Waals surface area contributed by atoms with Crippen LogP contribution in [-0.2, 0) is 4.84 Å². The second kappa shape index (κ2) is 6.56. The molecular formula is C20H23N3O2. The third kappa shape index (κ3) is 2.82. The molecule has 2 unspecified atom stereocenters. The standard InChI is InChI=1S/C20H23N3O2/c1-3-14-12-23-9-7-15(14)11-19(23)20(25-22-24)16-6-8-21-18-5-4-13(2)10-17(16)18/h3-6,8,10,14-15,19-20H,1,7,9,11-12H2,2H3/t14-,15-,19?,20+/m0/s1. The van der Waals surface area contributed by atoms with Crippen LogP contribution >= 0.6 is 0 Å². The van der Waals surface area contributed by atoms with Gasteiger partial charge >= 0.3 is 0 Å². The number of pyridine rings is 1. The van der Waals surface area contributed by atoms with Crippen molar-refractivity contribution in [2.24, 2.45) is 17.2 Å². The van der Waals surface area contributed by atoms with Gasteiger partial charge in [-0.05, 0) is 56.3 Å². The van der Waals surface area contributed by atoms with E-state index in [4.69, 9.17) is 4.84 Å². The Morgan fingerprint density at radius 1 is 1.44 bits per heavy atom. The molecule has 3 aliphatic heterocycles. The summed E-state index contributed by atoms with van der Waals surface area (Å²) in [5, 5.41) is 3.86. The first-order valence-electron chi connectivity index (χ1n) is 8.91. The average Bonchev–Trinajstić information content (AvgIpc) is 2.66. The Morgan fingerprint density at radius 3 is 3.04 bits per heavy atom. The van der Waals surface area contributed by atoms with Gasteiger partial charge in [-0.25, -0.2) is 0 Å². The van der Waals surface area contributed by atoms with Gasteiger partial charge in [-0.15, -0.1) is 11.5 Å². The number of rotatable bonds is 5. The third-order valence-corrected chi connectivity index (χ3v) is 5.90. The zero-order chi connectivity index (χ0) is 17.4. The molecule has 0 aliphatic carbocycles. The summed E-state index contributed by atoms with van der Waals surface area (Å²) in [5.74, 6) is 1.14. The SMILES string of the molecule is C=C[C@H]1CN2CC[C@H]1CC2[C@H](ON=O)c1ccnc2ccc(C)cc12. The van der Waals surface area contributed by atoms with Crippen LogP contribution in [0.4, 0.5) is 0 Å². The smallest absolute Gasteiger partial charge is 0.172 e. The van der Waals surface area contributed by atoms with Crippen molar-refractivity contribution in [2.45, 2.75) is 31.9 Å². The van der Waals surface area contributed by atoms with Crippen LogP contribution in [0.15, 0.2) is 48.5 Å². The highest BCUT2D eigenvalue weighted by atomic mass is 16.7. The Hall–Kier alpha value is -2.27. The van der Waals surface area contributed by atoms with Crippen LogP contribution in [0.5, 0.6) is 0 Å². The molecule has 0 N–H and O–H groups in total. The van der Waals surface area contributed by atoms with Gasteiger partial charge < -0.3 is 4.84 Å². The first-order valence-corrected chi connectivity index (χ1v) is 8.91. The van der Waals surface area contributed by atoms with Crippen molar-refractivity contribution in [3.05, 3.63) is 59.2 Å². The number of aryl methyl sites for hydroxylation is 1. The summed E-state index contributed by atoms with van der Waals surface area (Å²) >= 11 is 0. The second-order valence-corrected chi connectivity index (χ2v) is 7.27. The average molecular weight is 337 g/mol. The lowest BCUT2D eigenvalue weighted by molar-refractivity contribution is -0.0752. The Bertz CT molecular complexity index is 807. The molecule has 2 bridgehead atoms. The van der Waals surface area contributed by atoms with Gasteiger partial charge in [0.15, 0.2) is 11.4 Å². The Kier molecular flexibility index (Phi) is 4.25. The summed E-state index contributed by atoms with van der Waals surface area (Å²) in [5.41, 5.74) is 3.08. The molecule has 5 heteroatoms. The van der Waals surface area contributed by atoms with Gasteiger partial charge in [0.1, 0.15) is 0 Å². The van der Waals surface area contributed by atoms with Crippen molar-refractivity contribution < 1.29 is 4.84 Å². The van der Waals surface area contributed by atoms with E-state index in [2.05, 4.69) is 40.9 Å². The molecule has 25 heavy (non-hydrogen) atoms. The minimum Gasteiger partial charge on any atom is -0.354 e. The molecule has 1 aromatic carbocycles. The van der Waals surface area contributed by atoms with E-state index in [-0.39, 0.29) is 12.1 Å². The minimum atomic E-state index is -0.363. The highest BCUT2D eigenvalue weighted by Crippen LogP contribution is 2.43. The summed E-state index contributed by atoms with van der Waals surface area (Å²) in [7, 11) is 0. The molecule has 3 saturated heterocycles. The molecule has 2 aromatic rings. The number of nitrogens with zero attached hydrogens (tertiary/aromatic N) is 3. The van der Waals surface area contributed by atoms with Crippen molar-refractivity contribution in [1.29, 1.82) is 0 Å². The number of aromatic nitrogens is 1. The molecule has 4 heterocycles. The van der Waals surface area contributed by atoms with Gasteiger partial charge in [-0.1, -0.05) is 17.7 Å². The lowest BCUT2D eigenvalue weighted by Crippen LogP contribution is -2.55. The maximum absolute atomic E-state index is 11.0. The van der Waals surface area contributed by atoms with Crippen LogP contribution < -0.4 is 0 Å². The highest BCUT2D eigenvalue weighted by molar-refractivity contribution is 5.83. The third-order valence-electron chi connectivity index (χ3n) is 5.90. The van der Waals surface area contributed by atoms with E-state index in [0.29, 0.717) is 11.8 Å². The van der Waals surface area contributed by atoms with Crippen LogP contribution in [0.2, 0.25) is 0 Å². The van der Waals surface area contributed by atoms with Crippen LogP contribution in [-0.4, -0.2) is 29.0 Å². The molecule has 1 aromatic heterocycles. The number of benzene rings is 1. The van der Waals surface area contributed by atoms with Gasteiger partial charge in [0.2, 0.25) is 0 Å². The molecule has 0 spiro atoms. The predicted octanol–water partition coefficient (Wildman–Crippen LogP) is 4.18. The monoisotopic (exact) mass is 337 g/mol. The van der Waals surface area contributed by atoms with E-state index >= 15 is 0 Å². The van der Waals surface area contributed by atoms with Crippen molar-refractivity contribution in [1.82, 2.24) is 9.88 Å². The molecule has 0 radical (unpaired) electrons. The fourth-order valence-corrected chi connectivity index (χ4v) is 4.60. The molecule has 3 aliphatic rings. The van der Waals surface area contributed by atoms with Crippen LogP contribution in [0.1, 0.15) is 30.1 Å². The Morgan fingerprint density at radius 2 is 2.32 bits per heavy atom. The van der Waals surface area contributed by atoms with Crippen molar-refractivity contribution in [2.75, 3.05) is 13.1 Å². The zero-order valence-electron chi connectivity index (χ0n) is 14.5. The van der Waals surface area contributed by atoms with E-state index in [1.807, 2.05) is 18.2 Å². The fraction of sp³-hybridized carbons (Fsp3) is 0.450. The molecule has 0 amide bonds. The largest absolute Gasteiger partial charge is 0.354 e. The molecule has 3 fully saturated rings. The number of fused-ring (bicyclic) bond motifs is 4. The van der Waals surface area contributed by atoms with Crippen molar-refractivity contribution in [3.63, 3.8) is 0 Å². The van der Waals surface area contributed by atoms with Crippen LogP contribution in [0.3, 0.4) is 0 Å². The predicted molar refractivity (Wildman–Crippen MR) is 97.9 cm³/mol.